The van der Waals surface area contributed by atoms with Crippen molar-refractivity contribution in [3.63, 3.8) is 0 Å². The van der Waals surface area contributed by atoms with Crippen LogP contribution >= 0.6 is 0 Å². The number of nitrogens with one attached hydrogen (secondary N) is 1. The number of nitrogens with two attached hydrogens (primary N) is 1. The molecule has 1 aromatic rings. The van der Waals surface area contributed by atoms with Gasteiger partial charge in [0, 0.05) is 24.7 Å². The van der Waals surface area contributed by atoms with Gasteiger partial charge in [-0.05, 0) is 44.9 Å². The van der Waals surface area contributed by atoms with Gasteiger partial charge in [0.1, 0.15) is 5.75 Å². The highest BCUT2D eigenvalue weighted by molar-refractivity contribution is 5.95. The maximum Gasteiger partial charge on any atom is 0.260 e. The second-order valence-corrected chi connectivity index (χ2v) is 5.36. The summed E-state index contributed by atoms with van der Waals surface area (Å²) in [4.78, 5) is 25.5. The molecule has 0 aromatic heterocycles. The SMILES string of the molecule is CCN(CC)C(=O)COc1ccc(C(=O)NC2CC2)cc1N. The lowest BCUT2D eigenvalue weighted by molar-refractivity contribution is -0.132. The molecule has 0 bridgehead atoms. The number of rotatable bonds is 7. The molecule has 2 amide bonds. The highest BCUT2D eigenvalue weighted by Crippen LogP contribution is 2.24. The van der Waals surface area contributed by atoms with Crippen molar-refractivity contribution in [2.75, 3.05) is 25.4 Å². The Morgan fingerprint density at radius 1 is 1.32 bits per heavy atom. The predicted octanol–water partition coefficient (Wildman–Crippen LogP) is 1.41. The Morgan fingerprint density at radius 2 is 2.00 bits per heavy atom. The number of amides is 2. The van der Waals surface area contributed by atoms with Gasteiger partial charge in [-0.15, -0.1) is 0 Å². The molecule has 6 nitrogen and oxygen atoms in total. The molecule has 1 fully saturated rings. The molecule has 1 saturated carbocycles. The van der Waals surface area contributed by atoms with Crippen LogP contribution < -0.4 is 15.8 Å². The van der Waals surface area contributed by atoms with Gasteiger partial charge in [0.05, 0.1) is 5.69 Å². The smallest absolute Gasteiger partial charge is 0.260 e. The van der Waals surface area contributed by atoms with Crippen LogP contribution in [0.1, 0.15) is 37.0 Å². The van der Waals surface area contributed by atoms with Crippen molar-refractivity contribution in [3.8, 4) is 5.75 Å². The van der Waals surface area contributed by atoms with Crippen LogP contribution in [-0.2, 0) is 4.79 Å². The zero-order valence-electron chi connectivity index (χ0n) is 13.1. The molecule has 2 rings (SSSR count). The summed E-state index contributed by atoms with van der Waals surface area (Å²) in [5.74, 6) is 0.211. The number of nitrogens with zero attached hydrogens (tertiary/aromatic N) is 1. The van der Waals surface area contributed by atoms with Crippen LogP contribution in [0.3, 0.4) is 0 Å². The van der Waals surface area contributed by atoms with Crippen LogP contribution in [0.2, 0.25) is 0 Å². The van der Waals surface area contributed by atoms with E-state index in [4.69, 9.17) is 10.5 Å². The molecule has 3 N–H and O–H groups in total. The van der Waals surface area contributed by atoms with Crippen LogP contribution in [0.15, 0.2) is 18.2 Å². The second kappa shape index (κ2) is 7.15. The van der Waals surface area contributed by atoms with Gasteiger partial charge in [-0.25, -0.2) is 0 Å². The lowest BCUT2D eigenvalue weighted by atomic mass is 10.1. The first-order valence-corrected chi connectivity index (χ1v) is 7.66. The van der Waals surface area contributed by atoms with Gasteiger partial charge in [0.25, 0.3) is 11.8 Å². The molecule has 0 spiro atoms. The van der Waals surface area contributed by atoms with E-state index < -0.39 is 0 Å². The predicted molar refractivity (Wildman–Crippen MR) is 84.8 cm³/mol. The lowest BCUT2D eigenvalue weighted by Gasteiger charge is -2.19. The van der Waals surface area contributed by atoms with Gasteiger partial charge in [0.15, 0.2) is 6.61 Å². The van der Waals surface area contributed by atoms with Gasteiger partial charge < -0.3 is 20.7 Å². The standard InChI is InChI=1S/C16H23N3O3/c1-3-19(4-2)15(20)10-22-14-8-5-11(9-13(14)17)16(21)18-12-6-7-12/h5,8-9,12H,3-4,6-7,10,17H2,1-2H3,(H,18,21). The third kappa shape index (κ3) is 4.13. The van der Waals surface area contributed by atoms with E-state index >= 15 is 0 Å². The summed E-state index contributed by atoms with van der Waals surface area (Å²) < 4.78 is 5.46. The topological polar surface area (TPSA) is 84.7 Å². The molecule has 0 heterocycles. The molecule has 0 saturated heterocycles. The number of hydrogen-bond acceptors (Lipinski definition) is 4. The number of likely N-dealkylation sites (N-methyl/N-ethyl adjacent to an activating group) is 1. The van der Waals surface area contributed by atoms with E-state index in [1.807, 2.05) is 13.8 Å². The van der Waals surface area contributed by atoms with E-state index in [1.54, 1.807) is 23.1 Å². The van der Waals surface area contributed by atoms with Crippen LogP contribution in [0.4, 0.5) is 5.69 Å². The maximum absolute atomic E-state index is 11.9. The second-order valence-electron chi connectivity index (χ2n) is 5.36. The highest BCUT2D eigenvalue weighted by Gasteiger charge is 2.24. The Labute approximate surface area is 130 Å². The van der Waals surface area contributed by atoms with Crippen molar-refractivity contribution in [1.82, 2.24) is 10.2 Å². The molecule has 0 radical (unpaired) electrons. The first-order chi connectivity index (χ1) is 10.5. The van der Waals surface area contributed by atoms with Gasteiger partial charge in [-0.1, -0.05) is 0 Å². The number of carbonyl (C=O) groups excluding carboxylic acids is 2. The van der Waals surface area contributed by atoms with Crippen molar-refractivity contribution < 1.29 is 14.3 Å². The monoisotopic (exact) mass is 305 g/mol. The molecule has 1 aliphatic carbocycles. The number of ether oxygens (including phenoxy) is 1. The largest absolute Gasteiger partial charge is 0.482 e. The number of nitrogen functional groups attached to an aromatic ring is 1. The van der Waals surface area contributed by atoms with Gasteiger partial charge in [0.2, 0.25) is 0 Å². The number of anilines is 1. The fraction of sp³-hybridized carbons (Fsp3) is 0.500. The molecule has 6 heteroatoms. The third-order valence-electron chi connectivity index (χ3n) is 3.65. The average Bonchev–Trinajstić information content (AvgIpc) is 3.31. The molecule has 0 atom stereocenters. The van der Waals surface area contributed by atoms with Crippen LogP contribution in [0.25, 0.3) is 0 Å². The van der Waals surface area contributed by atoms with Gasteiger partial charge in [-0.3, -0.25) is 9.59 Å². The number of benzene rings is 1. The van der Waals surface area contributed by atoms with Crippen molar-refractivity contribution in [1.29, 1.82) is 0 Å². The van der Waals surface area contributed by atoms with Gasteiger partial charge >= 0.3 is 0 Å². The Bertz CT molecular complexity index is 552. The van der Waals surface area contributed by atoms with Crippen LogP contribution in [0.5, 0.6) is 5.75 Å². The Hall–Kier alpha value is -2.24. The summed E-state index contributed by atoms with van der Waals surface area (Å²) in [5.41, 5.74) is 6.77. The minimum atomic E-state index is -0.125. The summed E-state index contributed by atoms with van der Waals surface area (Å²) in [7, 11) is 0. The summed E-state index contributed by atoms with van der Waals surface area (Å²) in [6.45, 7) is 5.08. The van der Waals surface area contributed by atoms with E-state index in [1.165, 1.54) is 0 Å². The molecule has 1 aliphatic rings. The van der Waals surface area contributed by atoms with Crippen molar-refractivity contribution in [3.05, 3.63) is 23.8 Å². The third-order valence-corrected chi connectivity index (χ3v) is 3.65. The zero-order chi connectivity index (χ0) is 16.1. The van der Waals surface area contributed by atoms with E-state index in [2.05, 4.69) is 5.32 Å². The van der Waals surface area contributed by atoms with Crippen LogP contribution in [0, 0.1) is 0 Å². The van der Waals surface area contributed by atoms with Crippen molar-refractivity contribution in [2.45, 2.75) is 32.7 Å². The zero-order valence-corrected chi connectivity index (χ0v) is 13.1. The van der Waals surface area contributed by atoms with E-state index in [0.29, 0.717) is 36.1 Å². The van der Waals surface area contributed by atoms with Crippen LogP contribution in [-0.4, -0.2) is 42.5 Å². The Morgan fingerprint density at radius 3 is 2.55 bits per heavy atom. The molecular formula is C16H23N3O3. The summed E-state index contributed by atoms with van der Waals surface area (Å²) in [6.07, 6.45) is 2.08. The highest BCUT2D eigenvalue weighted by atomic mass is 16.5. The van der Waals surface area contributed by atoms with E-state index in [-0.39, 0.29) is 18.4 Å². The van der Waals surface area contributed by atoms with Crippen molar-refractivity contribution in [2.24, 2.45) is 0 Å². The molecular weight excluding hydrogens is 282 g/mol. The molecule has 0 aliphatic heterocycles. The summed E-state index contributed by atoms with van der Waals surface area (Å²) in [5, 5.41) is 2.90. The van der Waals surface area contributed by atoms with E-state index in [0.717, 1.165) is 12.8 Å². The average molecular weight is 305 g/mol. The normalized spacial score (nSPS) is 13.5. The lowest BCUT2D eigenvalue weighted by Crippen LogP contribution is -2.34. The summed E-state index contributed by atoms with van der Waals surface area (Å²) >= 11 is 0. The minimum Gasteiger partial charge on any atom is -0.482 e. The fourth-order valence-electron chi connectivity index (χ4n) is 2.12. The molecule has 1 aromatic carbocycles. The first kappa shape index (κ1) is 16.1. The van der Waals surface area contributed by atoms with Gasteiger partial charge in [-0.2, -0.15) is 0 Å². The Balaban J connectivity index is 1.94. The molecule has 120 valence electrons. The minimum absolute atomic E-state index is 0.0561. The summed E-state index contributed by atoms with van der Waals surface area (Å²) in [6, 6.07) is 5.17. The first-order valence-electron chi connectivity index (χ1n) is 7.66. The Kier molecular flexibility index (Phi) is 5.25. The molecule has 0 unspecified atom stereocenters. The number of hydrogen-bond donors (Lipinski definition) is 2. The fourth-order valence-corrected chi connectivity index (χ4v) is 2.12. The van der Waals surface area contributed by atoms with Crippen molar-refractivity contribution >= 4 is 17.5 Å². The molecule has 22 heavy (non-hydrogen) atoms. The van der Waals surface area contributed by atoms with E-state index in [9.17, 15) is 9.59 Å². The number of carbonyl (C=O) groups is 2. The maximum atomic E-state index is 11.9. The quantitative estimate of drug-likeness (QED) is 0.746.